The predicted molar refractivity (Wildman–Crippen MR) is 149 cm³/mol. The highest BCUT2D eigenvalue weighted by molar-refractivity contribution is 7.17. The number of aliphatic hydroxyl groups excluding tert-OH is 1. The summed E-state index contributed by atoms with van der Waals surface area (Å²) >= 11 is 0.911. The van der Waals surface area contributed by atoms with Crippen molar-refractivity contribution in [3.05, 3.63) is 81.9 Å². The molecule has 1 aliphatic rings. The minimum absolute atomic E-state index is 0.00285. The first-order chi connectivity index (χ1) is 19.2. The Labute approximate surface area is 235 Å². The molecule has 10 nitrogen and oxygen atoms in total. The van der Waals surface area contributed by atoms with E-state index in [9.17, 15) is 19.5 Å². The van der Waals surface area contributed by atoms with Crippen molar-refractivity contribution in [1.29, 1.82) is 0 Å². The molecule has 3 aromatic rings. The van der Waals surface area contributed by atoms with Gasteiger partial charge < -0.3 is 24.1 Å². The van der Waals surface area contributed by atoms with E-state index in [1.54, 1.807) is 50.2 Å². The maximum Gasteiger partial charge on any atom is 0.350 e. The lowest BCUT2D eigenvalue weighted by Crippen LogP contribution is -2.29. The minimum Gasteiger partial charge on any atom is -0.507 e. The number of carbonyl (C=O) groups is 3. The smallest absolute Gasteiger partial charge is 0.350 e. The molecule has 0 radical (unpaired) electrons. The molecule has 0 saturated carbocycles. The number of Topliss-reactive ketones (excluding diaryl/α,β-unsaturated/α-hetero) is 1. The van der Waals surface area contributed by atoms with Crippen molar-refractivity contribution in [3.63, 3.8) is 0 Å². The van der Waals surface area contributed by atoms with Crippen molar-refractivity contribution in [2.24, 2.45) is 0 Å². The van der Waals surface area contributed by atoms with Gasteiger partial charge in [-0.05, 0) is 55.3 Å². The van der Waals surface area contributed by atoms with Gasteiger partial charge in [-0.2, -0.15) is 0 Å². The van der Waals surface area contributed by atoms with Crippen molar-refractivity contribution in [1.82, 2.24) is 4.98 Å². The SMILES string of the molecule is C=CCOC(=O)c1sc(N2C(=O)C(=O)/C(=C(/O)c3ccc(OC)cc3C)C2c2ccc(OC)c(OC)c2)nc1C. The van der Waals surface area contributed by atoms with Gasteiger partial charge in [0, 0.05) is 5.56 Å². The van der Waals surface area contributed by atoms with Crippen molar-refractivity contribution in [2.45, 2.75) is 19.9 Å². The number of esters is 1. The summed E-state index contributed by atoms with van der Waals surface area (Å²) < 4.78 is 21.2. The molecule has 1 fully saturated rings. The molecular weight excluding hydrogens is 536 g/mol. The molecule has 1 aliphatic heterocycles. The largest absolute Gasteiger partial charge is 0.507 e. The summed E-state index contributed by atoms with van der Waals surface area (Å²) in [4.78, 5) is 45.5. The van der Waals surface area contributed by atoms with Crippen LogP contribution in [0.1, 0.15) is 38.1 Å². The maximum atomic E-state index is 13.6. The number of amides is 1. The van der Waals surface area contributed by atoms with E-state index in [0.29, 0.717) is 39.6 Å². The maximum absolute atomic E-state index is 13.6. The van der Waals surface area contributed by atoms with E-state index in [-0.39, 0.29) is 27.9 Å². The minimum atomic E-state index is -1.09. The number of rotatable bonds is 9. The first kappa shape index (κ1) is 28.4. The van der Waals surface area contributed by atoms with E-state index in [1.165, 1.54) is 32.3 Å². The number of carbonyl (C=O) groups excluding carboxylic acids is 3. The number of thiazole rings is 1. The predicted octanol–water partition coefficient (Wildman–Crippen LogP) is 4.75. The zero-order valence-electron chi connectivity index (χ0n) is 22.6. The van der Waals surface area contributed by atoms with E-state index in [4.69, 9.17) is 18.9 Å². The molecular formula is C29H28N2O8S. The van der Waals surface area contributed by atoms with Gasteiger partial charge in [0.25, 0.3) is 5.78 Å². The monoisotopic (exact) mass is 564 g/mol. The third kappa shape index (κ3) is 5.03. The first-order valence-corrected chi connectivity index (χ1v) is 12.9. The molecule has 0 spiro atoms. The summed E-state index contributed by atoms with van der Waals surface area (Å²) in [6.45, 7) is 6.90. The number of aryl methyl sites for hydroxylation is 2. The van der Waals surface area contributed by atoms with Crippen LogP contribution in [-0.4, -0.2) is 55.7 Å². The Morgan fingerprint density at radius 3 is 2.42 bits per heavy atom. The molecule has 2 heterocycles. The lowest BCUT2D eigenvalue weighted by Gasteiger charge is -2.24. The van der Waals surface area contributed by atoms with Crippen LogP contribution in [0.15, 0.2) is 54.6 Å². The molecule has 40 heavy (non-hydrogen) atoms. The van der Waals surface area contributed by atoms with Crippen LogP contribution < -0.4 is 19.1 Å². The topological polar surface area (TPSA) is 124 Å². The van der Waals surface area contributed by atoms with Crippen molar-refractivity contribution in [3.8, 4) is 17.2 Å². The molecule has 1 atom stereocenters. The molecule has 1 aromatic heterocycles. The average molecular weight is 565 g/mol. The van der Waals surface area contributed by atoms with Crippen LogP contribution in [0.5, 0.6) is 17.2 Å². The zero-order chi connectivity index (χ0) is 29.1. The van der Waals surface area contributed by atoms with Gasteiger partial charge in [0.15, 0.2) is 16.6 Å². The second-order valence-corrected chi connectivity index (χ2v) is 9.74. The number of hydrogen-bond acceptors (Lipinski definition) is 10. The molecule has 1 saturated heterocycles. The standard InChI is InChI=1S/C29H28N2O8S/c1-7-12-39-28(35)26-16(3)30-29(40-26)31-23(17-8-11-20(37-5)21(14-17)38-6)22(25(33)27(31)34)24(32)19-10-9-18(36-4)13-15(19)2/h7-11,13-14,23,32H,1,12H2,2-6H3/b24-22+. The number of hydrogen-bond donors (Lipinski definition) is 1. The van der Waals surface area contributed by atoms with Crippen LogP contribution >= 0.6 is 11.3 Å². The molecule has 2 aromatic carbocycles. The van der Waals surface area contributed by atoms with Gasteiger partial charge in [-0.25, -0.2) is 9.78 Å². The van der Waals surface area contributed by atoms with Crippen molar-refractivity contribution >= 4 is 39.9 Å². The number of nitrogens with zero attached hydrogens (tertiary/aromatic N) is 2. The lowest BCUT2D eigenvalue weighted by molar-refractivity contribution is -0.132. The second kappa shape index (κ2) is 11.6. The molecule has 1 amide bonds. The van der Waals surface area contributed by atoms with E-state index >= 15 is 0 Å². The zero-order valence-corrected chi connectivity index (χ0v) is 23.5. The Morgan fingerprint density at radius 2 is 1.80 bits per heavy atom. The van der Waals surface area contributed by atoms with Gasteiger partial charge in [0.1, 0.15) is 23.0 Å². The molecule has 11 heteroatoms. The van der Waals surface area contributed by atoms with Gasteiger partial charge >= 0.3 is 11.9 Å². The summed E-state index contributed by atoms with van der Waals surface area (Å²) in [6, 6.07) is 8.80. The number of ketones is 1. The van der Waals surface area contributed by atoms with Crippen LogP contribution in [0.2, 0.25) is 0 Å². The summed E-state index contributed by atoms with van der Waals surface area (Å²) in [5, 5.41) is 11.6. The summed E-state index contributed by atoms with van der Waals surface area (Å²) in [6.07, 6.45) is 1.44. The highest BCUT2D eigenvalue weighted by atomic mass is 32.1. The Hall–Kier alpha value is -4.64. The molecule has 208 valence electrons. The molecule has 0 bridgehead atoms. The van der Waals surface area contributed by atoms with Crippen LogP contribution in [0.3, 0.4) is 0 Å². The molecule has 1 unspecified atom stereocenters. The Balaban J connectivity index is 1.94. The second-order valence-electron chi connectivity index (χ2n) is 8.76. The Morgan fingerprint density at radius 1 is 1.07 bits per heavy atom. The number of methoxy groups -OCH3 is 3. The van der Waals surface area contributed by atoms with E-state index in [0.717, 1.165) is 11.3 Å². The van der Waals surface area contributed by atoms with Crippen molar-refractivity contribution in [2.75, 3.05) is 32.8 Å². The highest BCUT2D eigenvalue weighted by Crippen LogP contribution is 2.46. The van der Waals surface area contributed by atoms with E-state index in [2.05, 4.69) is 11.6 Å². The summed E-state index contributed by atoms with van der Waals surface area (Å²) in [5.74, 6) is -1.45. The lowest BCUT2D eigenvalue weighted by atomic mass is 9.93. The third-order valence-corrected chi connectivity index (χ3v) is 7.50. The number of aliphatic hydroxyl groups is 1. The fraction of sp³-hybridized carbons (Fsp3) is 0.241. The van der Waals surface area contributed by atoms with Gasteiger partial charge in [0.05, 0.1) is 38.6 Å². The molecule has 1 N–H and O–H groups in total. The number of aromatic nitrogens is 1. The summed E-state index contributed by atoms with van der Waals surface area (Å²) in [7, 11) is 4.47. The Kier molecular flexibility index (Phi) is 8.24. The molecule has 4 rings (SSSR count). The fourth-order valence-electron chi connectivity index (χ4n) is 4.42. The highest BCUT2D eigenvalue weighted by Gasteiger charge is 2.48. The van der Waals surface area contributed by atoms with Crippen LogP contribution in [0.4, 0.5) is 5.13 Å². The first-order valence-electron chi connectivity index (χ1n) is 12.1. The van der Waals surface area contributed by atoms with E-state index < -0.39 is 23.7 Å². The van der Waals surface area contributed by atoms with Crippen LogP contribution in [0.25, 0.3) is 5.76 Å². The van der Waals surface area contributed by atoms with Crippen molar-refractivity contribution < 1.29 is 38.4 Å². The third-order valence-electron chi connectivity index (χ3n) is 6.37. The normalized spacial score (nSPS) is 16.1. The van der Waals surface area contributed by atoms with Gasteiger partial charge in [-0.1, -0.05) is 30.1 Å². The van der Waals surface area contributed by atoms with Crippen LogP contribution in [-0.2, 0) is 14.3 Å². The quantitative estimate of drug-likeness (QED) is 0.129. The average Bonchev–Trinajstić information content (AvgIpc) is 3.46. The number of benzene rings is 2. The summed E-state index contributed by atoms with van der Waals surface area (Å²) in [5.41, 5.74) is 1.62. The Bertz CT molecular complexity index is 1540. The van der Waals surface area contributed by atoms with E-state index in [1.807, 2.05) is 0 Å². The number of anilines is 1. The van der Waals surface area contributed by atoms with Gasteiger partial charge in [-0.3, -0.25) is 14.5 Å². The van der Waals surface area contributed by atoms with Crippen LogP contribution in [0, 0.1) is 13.8 Å². The fourth-order valence-corrected chi connectivity index (χ4v) is 5.40. The van der Waals surface area contributed by atoms with Gasteiger partial charge in [-0.15, -0.1) is 0 Å². The number of ether oxygens (including phenoxy) is 4. The van der Waals surface area contributed by atoms with Gasteiger partial charge in [0.2, 0.25) is 0 Å². The molecule has 0 aliphatic carbocycles.